The van der Waals surface area contributed by atoms with Crippen molar-refractivity contribution >= 4 is 39.4 Å². The van der Waals surface area contributed by atoms with Gasteiger partial charge in [0, 0.05) is 7.11 Å². The molecule has 4 N–H and O–H groups in total. The normalized spacial score (nSPS) is 10.9. The Bertz CT molecular complexity index is 917. The van der Waals surface area contributed by atoms with Gasteiger partial charge in [0.2, 0.25) is 5.95 Å². The van der Waals surface area contributed by atoms with Gasteiger partial charge < -0.3 is 14.9 Å². The molecule has 3 heterocycles. The SMILES string of the molecule is COCCn1c(=O)sc2c(NNC(=O)c3ccco3)nc(N)nc21. The molecule has 3 aromatic heterocycles. The van der Waals surface area contributed by atoms with Gasteiger partial charge in [-0.05, 0) is 12.1 Å². The van der Waals surface area contributed by atoms with Gasteiger partial charge in [-0.25, -0.2) is 0 Å². The monoisotopic (exact) mass is 350 g/mol. The third kappa shape index (κ3) is 3.07. The smallest absolute Gasteiger partial charge is 0.309 e. The van der Waals surface area contributed by atoms with Crippen LogP contribution in [0.25, 0.3) is 10.3 Å². The highest BCUT2D eigenvalue weighted by molar-refractivity contribution is 7.17. The number of nitrogens with one attached hydrogen (secondary N) is 2. The van der Waals surface area contributed by atoms with Gasteiger partial charge >= 0.3 is 10.8 Å². The molecule has 0 radical (unpaired) electrons. The molecule has 0 saturated heterocycles. The van der Waals surface area contributed by atoms with Crippen molar-refractivity contribution in [1.29, 1.82) is 0 Å². The third-order valence-electron chi connectivity index (χ3n) is 3.09. The Balaban J connectivity index is 1.90. The van der Waals surface area contributed by atoms with Crippen molar-refractivity contribution in [2.45, 2.75) is 6.54 Å². The summed E-state index contributed by atoms with van der Waals surface area (Å²) in [5.41, 5.74) is 11.2. The minimum Gasteiger partial charge on any atom is -0.459 e. The van der Waals surface area contributed by atoms with Crippen LogP contribution in [-0.2, 0) is 11.3 Å². The summed E-state index contributed by atoms with van der Waals surface area (Å²) >= 11 is 0.948. The van der Waals surface area contributed by atoms with Gasteiger partial charge in [0.15, 0.2) is 17.2 Å². The van der Waals surface area contributed by atoms with Crippen molar-refractivity contribution in [3.05, 3.63) is 33.8 Å². The number of anilines is 2. The van der Waals surface area contributed by atoms with Gasteiger partial charge in [-0.2, -0.15) is 9.97 Å². The standard InChI is InChI=1S/C13H14N6O4S/c1-22-6-4-19-10-8(24-13(19)21)9(15-12(14)16-10)17-18-11(20)7-3-2-5-23-7/h2-3,5H,4,6H2,1H3,(H,18,20)(H3,14,15,16,17). The zero-order valence-corrected chi connectivity index (χ0v) is 13.4. The van der Waals surface area contributed by atoms with E-state index in [9.17, 15) is 9.59 Å². The van der Waals surface area contributed by atoms with Crippen LogP contribution >= 0.6 is 11.3 Å². The first-order valence-electron chi connectivity index (χ1n) is 6.86. The highest BCUT2D eigenvalue weighted by atomic mass is 32.1. The van der Waals surface area contributed by atoms with Crippen LogP contribution in [0.4, 0.5) is 11.8 Å². The van der Waals surface area contributed by atoms with Crippen LogP contribution in [0, 0.1) is 0 Å². The number of nitrogens with zero attached hydrogens (tertiary/aromatic N) is 3. The Morgan fingerprint density at radius 1 is 1.50 bits per heavy atom. The number of nitrogens with two attached hydrogens (primary N) is 1. The van der Waals surface area contributed by atoms with Crippen molar-refractivity contribution in [3.63, 3.8) is 0 Å². The number of amides is 1. The Morgan fingerprint density at radius 3 is 3.04 bits per heavy atom. The van der Waals surface area contributed by atoms with E-state index in [-0.39, 0.29) is 22.4 Å². The van der Waals surface area contributed by atoms with Crippen molar-refractivity contribution in [1.82, 2.24) is 20.0 Å². The molecule has 0 aliphatic heterocycles. The van der Waals surface area contributed by atoms with Crippen LogP contribution in [0.2, 0.25) is 0 Å². The zero-order chi connectivity index (χ0) is 17.1. The fourth-order valence-corrected chi connectivity index (χ4v) is 2.91. The minimum atomic E-state index is -0.489. The molecule has 0 saturated carbocycles. The average Bonchev–Trinajstić information content (AvgIpc) is 3.19. The van der Waals surface area contributed by atoms with E-state index >= 15 is 0 Å². The number of thiazole rings is 1. The second-order valence-electron chi connectivity index (χ2n) is 4.65. The number of fused-ring (bicyclic) bond motifs is 1. The number of hydrogen-bond donors (Lipinski definition) is 3. The maximum absolute atomic E-state index is 12.1. The molecule has 0 aromatic carbocycles. The average molecular weight is 350 g/mol. The molecule has 0 fully saturated rings. The molecule has 126 valence electrons. The minimum absolute atomic E-state index is 0.0267. The van der Waals surface area contributed by atoms with E-state index in [4.69, 9.17) is 14.9 Å². The van der Waals surface area contributed by atoms with Crippen molar-refractivity contribution < 1.29 is 13.9 Å². The van der Waals surface area contributed by atoms with E-state index in [2.05, 4.69) is 20.8 Å². The number of methoxy groups -OCH3 is 1. The van der Waals surface area contributed by atoms with E-state index in [0.29, 0.717) is 23.5 Å². The second-order valence-corrected chi connectivity index (χ2v) is 5.61. The molecule has 0 spiro atoms. The molecule has 0 aliphatic rings. The van der Waals surface area contributed by atoms with Crippen LogP contribution in [0.1, 0.15) is 10.6 Å². The van der Waals surface area contributed by atoms with E-state index in [0.717, 1.165) is 11.3 Å². The molecule has 24 heavy (non-hydrogen) atoms. The number of hydrazine groups is 1. The first-order valence-corrected chi connectivity index (χ1v) is 7.67. The third-order valence-corrected chi connectivity index (χ3v) is 4.06. The Hall–Kier alpha value is -2.92. The molecule has 10 nitrogen and oxygen atoms in total. The first kappa shape index (κ1) is 16.0. The van der Waals surface area contributed by atoms with Crippen LogP contribution < -0.4 is 21.5 Å². The van der Waals surface area contributed by atoms with Crippen LogP contribution in [0.5, 0.6) is 0 Å². The van der Waals surface area contributed by atoms with Gasteiger partial charge in [-0.3, -0.25) is 25.0 Å². The maximum atomic E-state index is 12.1. The molecule has 11 heteroatoms. The summed E-state index contributed by atoms with van der Waals surface area (Å²) in [6, 6.07) is 3.11. The summed E-state index contributed by atoms with van der Waals surface area (Å²) in [5.74, 6) is -0.153. The lowest BCUT2D eigenvalue weighted by atomic mass is 10.4. The fourth-order valence-electron chi connectivity index (χ4n) is 2.01. The largest absolute Gasteiger partial charge is 0.459 e. The van der Waals surface area contributed by atoms with E-state index in [1.807, 2.05) is 0 Å². The summed E-state index contributed by atoms with van der Waals surface area (Å²) in [6.07, 6.45) is 1.39. The molecule has 0 aliphatic carbocycles. The molecular weight excluding hydrogens is 336 g/mol. The second kappa shape index (κ2) is 6.68. The van der Waals surface area contributed by atoms with Gasteiger partial charge in [-0.1, -0.05) is 11.3 Å². The number of furan rings is 1. The number of hydrogen-bond acceptors (Lipinski definition) is 9. The number of rotatable bonds is 6. The van der Waals surface area contributed by atoms with Crippen LogP contribution in [0.15, 0.2) is 27.6 Å². The molecule has 3 rings (SSSR count). The summed E-state index contributed by atoms with van der Waals surface area (Å²) < 4.78 is 11.9. The van der Waals surface area contributed by atoms with Crippen molar-refractivity contribution in [3.8, 4) is 0 Å². The molecule has 0 unspecified atom stereocenters. The molecule has 1 amide bonds. The van der Waals surface area contributed by atoms with Crippen molar-refractivity contribution in [2.75, 3.05) is 24.9 Å². The Kier molecular flexibility index (Phi) is 4.44. The number of nitrogen functional groups attached to an aromatic ring is 1. The molecule has 3 aromatic rings. The lowest BCUT2D eigenvalue weighted by molar-refractivity contribution is 0.0935. The zero-order valence-electron chi connectivity index (χ0n) is 12.6. The topological polar surface area (TPSA) is 137 Å². The van der Waals surface area contributed by atoms with Gasteiger partial charge in [0.05, 0.1) is 19.4 Å². The predicted molar refractivity (Wildman–Crippen MR) is 87.8 cm³/mol. The highest BCUT2D eigenvalue weighted by Gasteiger charge is 2.16. The summed E-state index contributed by atoms with van der Waals surface area (Å²) in [5, 5.41) is 0. The number of carbonyl (C=O) groups is 1. The molecular formula is C13H14N6O4S. The maximum Gasteiger partial charge on any atom is 0.309 e. The lowest BCUT2D eigenvalue weighted by Gasteiger charge is -2.08. The van der Waals surface area contributed by atoms with Gasteiger partial charge in [0.25, 0.3) is 0 Å². The van der Waals surface area contributed by atoms with Crippen LogP contribution in [0.3, 0.4) is 0 Å². The van der Waals surface area contributed by atoms with E-state index < -0.39 is 5.91 Å². The summed E-state index contributed by atoms with van der Waals surface area (Å²) in [7, 11) is 1.54. The van der Waals surface area contributed by atoms with Crippen molar-refractivity contribution in [2.24, 2.45) is 0 Å². The summed E-state index contributed by atoms with van der Waals surface area (Å²) in [4.78, 5) is 31.9. The lowest BCUT2D eigenvalue weighted by Crippen LogP contribution is -2.29. The van der Waals surface area contributed by atoms with Crippen LogP contribution in [-0.4, -0.2) is 34.2 Å². The first-order chi connectivity index (χ1) is 11.6. The van der Waals surface area contributed by atoms with Gasteiger partial charge in [-0.15, -0.1) is 0 Å². The number of ether oxygens (including phenoxy) is 1. The molecule has 0 atom stereocenters. The number of aromatic nitrogens is 3. The quantitative estimate of drug-likeness (QED) is 0.544. The Morgan fingerprint density at radius 2 is 2.33 bits per heavy atom. The predicted octanol–water partition coefficient (Wildman–Crippen LogP) is 0.431. The van der Waals surface area contributed by atoms with E-state index in [1.165, 1.54) is 16.9 Å². The number of carbonyl (C=O) groups excluding carboxylic acids is 1. The highest BCUT2D eigenvalue weighted by Crippen LogP contribution is 2.23. The van der Waals surface area contributed by atoms with E-state index in [1.54, 1.807) is 13.2 Å². The fraction of sp³-hybridized carbons (Fsp3) is 0.231. The Labute approximate surface area is 139 Å². The summed E-state index contributed by atoms with van der Waals surface area (Å²) in [6.45, 7) is 0.692. The van der Waals surface area contributed by atoms with Gasteiger partial charge in [0.1, 0.15) is 4.70 Å². The molecule has 0 bridgehead atoms.